The summed E-state index contributed by atoms with van der Waals surface area (Å²) in [7, 11) is 0. The van der Waals surface area contributed by atoms with Gasteiger partial charge in [0.05, 0.1) is 6.42 Å². The number of rotatable bonds is 8. The summed E-state index contributed by atoms with van der Waals surface area (Å²) in [6, 6.07) is -1.01. The highest BCUT2D eigenvalue weighted by molar-refractivity contribution is 5.86. The maximum atomic E-state index is 11.5. The number of carbonyl (C=O) groups is 3. The lowest BCUT2D eigenvalue weighted by atomic mass is 10.1. The second-order valence-electron chi connectivity index (χ2n) is 3.83. The van der Waals surface area contributed by atoms with Gasteiger partial charge >= 0.3 is 11.9 Å². The van der Waals surface area contributed by atoms with Gasteiger partial charge in [-0.2, -0.15) is 0 Å². The van der Waals surface area contributed by atoms with Crippen LogP contribution in [0.15, 0.2) is 0 Å². The smallest absolute Gasteiger partial charge is 0.326 e. The summed E-state index contributed by atoms with van der Waals surface area (Å²) in [5.41, 5.74) is 5.25. The van der Waals surface area contributed by atoms with Gasteiger partial charge in [-0.25, -0.2) is 4.79 Å². The zero-order valence-corrected chi connectivity index (χ0v) is 9.68. The van der Waals surface area contributed by atoms with Crippen LogP contribution in [0.1, 0.15) is 26.2 Å². The van der Waals surface area contributed by atoms with Crippen LogP contribution in [0.5, 0.6) is 0 Å². The van der Waals surface area contributed by atoms with Gasteiger partial charge < -0.3 is 21.3 Å². The number of carbonyl (C=O) groups excluding carboxylic acids is 1. The first-order valence-electron chi connectivity index (χ1n) is 5.33. The fourth-order valence-electron chi connectivity index (χ4n) is 1.25. The molecule has 0 aromatic rings. The molecule has 1 amide bonds. The Kier molecular flexibility index (Phi) is 6.88. The minimum atomic E-state index is -1.14. The highest BCUT2D eigenvalue weighted by atomic mass is 16.4. The number of amides is 1. The van der Waals surface area contributed by atoms with Gasteiger partial charge in [0.1, 0.15) is 6.04 Å². The van der Waals surface area contributed by atoms with Crippen LogP contribution in [-0.2, 0) is 14.4 Å². The predicted molar refractivity (Wildman–Crippen MR) is 59.3 cm³/mol. The van der Waals surface area contributed by atoms with Crippen molar-refractivity contribution in [3.8, 4) is 0 Å². The van der Waals surface area contributed by atoms with Crippen molar-refractivity contribution < 1.29 is 24.6 Å². The lowest BCUT2D eigenvalue weighted by Crippen LogP contribution is -2.43. The third kappa shape index (κ3) is 6.52. The molecule has 0 fully saturated rings. The zero-order chi connectivity index (χ0) is 13.4. The average molecular weight is 246 g/mol. The van der Waals surface area contributed by atoms with E-state index >= 15 is 0 Å². The quantitative estimate of drug-likeness (QED) is 0.452. The number of nitrogens with one attached hydrogen (secondary N) is 1. The van der Waals surface area contributed by atoms with Gasteiger partial charge in [-0.1, -0.05) is 6.92 Å². The fraction of sp³-hybridized carbons (Fsp3) is 0.700. The molecule has 0 spiro atoms. The molecule has 7 nitrogen and oxygen atoms in total. The summed E-state index contributed by atoms with van der Waals surface area (Å²) in [6.45, 7) is 1.77. The second kappa shape index (κ2) is 7.61. The summed E-state index contributed by atoms with van der Waals surface area (Å²) < 4.78 is 0. The van der Waals surface area contributed by atoms with Gasteiger partial charge in [-0.05, 0) is 19.4 Å². The molecule has 0 saturated carbocycles. The molecule has 0 heterocycles. The fourth-order valence-corrected chi connectivity index (χ4v) is 1.25. The standard InChI is InChI=1S/C10H18N2O5/c1-6(5-8(13)14)9(15)12-7(10(16)17)3-2-4-11/h6-7H,2-5,11H2,1H3,(H,12,15)(H,13,14)(H,16,17). The van der Waals surface area contributed by atoms with Crippen LogP contribution < -0.4 is 11.1 Å². The molecular weight excluding hydrogens is 228 g/mol. The van der Waals surface area contributed by atoms with Crippen LogP contribution in [0.25, 0.3) is 0 Å². The molecule has 0 radical (unpaired) electrons. The molecule has 0 aromatic heterocycles. The molecule has 0 aliphatic carbocycles. The van der Waals surface area contributed by atoms with Crippen LogP contribution in [0.4, 0.5) is 0 Å². The Morgan fingerprint density at radius 1 is 1.29 bits per heavy atom. The molecule has 0 aromatic carbocycles. The van der Waals surface area contributed by atoms with Crippen LogP contribution in [0.2, 0.25) is 0 Å². The number of carboxylic acid groups (broad SMARTS) is 2. The van der Waals surface area contributed by atoms with Gasteiger partial charge in [0.2, 0.25) is 5.91 Å². The third-order valence-corrected chi connectivity index (χ3v) is 2.24. The van der Waals surface area contributed by atoms with Crippen molar-refractivity contribution in [2.45, 2.75) is 32.2 Å². The SMILES string of the molecule is CC(CC(=O)O)C(=O)NC(CCCN)C(=O)O. The lowest BCUT2D eigenvalue weighted by molar-refractivity contribution is -0.143. The third-order valence-electron chi connectivity index (χ3n) is 2.24. The minimum Gasteiger partial charge on any atom is -0.481 e. The van der Waals surface area contributed by atoms with E-state index in [2.05, 4.69) is 5.32 Å². The van der Waals surface area contributed by atoms with E-state index in [0.717, 1.165) is 0 Å². The van der Waals surface area contributed by atoms with E-state index in [0.29, 0.717) is 13.0 Å². The number of carboxylic acids is 2. The van der Waals surface area contributed by atoms with Crippen molar-refractivity contribution in [2.24, 2.45) is 11.7 Å². The Bertz CT molecular complexity index is 292. The maximum Gasteiger partial charge on any atom is 0.326 e. The van der Waals surface area contributed by atoms with Crippen molar-refractivity contribution in [1.82, 2.24) is 5.32 Å². The topological polar surface area (TPSA) is 130 Å². The van der Waals surface area contributed by atoms with E-state index < -0.39 is 29.8 Å². The summed E-state index contributed by atoms with van der Waals surface area (Å²) in [5, 5.41) is 19.6. The van der Waals surface area contributed by atoms with Crippen LogP contribution in [0.3, 0.4) is 0 Å². The molecule has 98 valence electrons. The molecule has 17 heavy (non-hydrogen) atoms. The summed E-state index contributed by atoms with van der Waals surface area (Å²) in [5.74, 6) is -3.57. The van der Waals surface area contributed by atoms with Crippen molar-refractivity contribution in [1.29, 1.82) is 0 Å². The van der Waals surface area contributed by atoms with Crippen LogP contribution in [-0.4, -0.2) is 40.6 Å². The van der Waals surface area contributed by atoms with Crippen molar-refractivity contribution in [2.75, 3.05) is 6.54 Å². The first-order valence-corrected chi connectivity index (χ1v) is 5.33. The van der Waals surface area contributed by atoms with E-state index in [1.165, 1.54) is 6.92 Å². The first-order chi connectivity index (χ1) is 7.88. The number of aliphatic carboxylic acids is 2. The summed E-state index contributed by atoms with van der Waals surface area (Å²) in [6.07, 6.45) is 0.386. The Morgan fingerprint density at radius 3 is 2.29 bits per heavy atom. The van der Waals surface area contributed by atoms with E-state index in [1.54, 1.807) is 0 Å². The highest BCUT2D eigenvalue weighted by Crippen LogP contribution is 2.04. The molecule has 2 unspecified atom stereocenters. The molecule has 0 saturated heterocycles. The van der Waals surface area contributed by atoms with Crippen molar-refractivity contribution in [3.05, 3.63) is 0 Å². The van der Waals surface area contributed by atoms with E-state index in [-0.39, 0.29) is 12.8 Å². The average Bonchev–Trinajstić information content (AvgIpc) is 2.22. The first kappa shape index (κ1) is 15.4. The molecule has 0 aliphatic rings. The number of hydrogen-bond donors (Lipinski definition) is 4. The predicted octanol–water partition coefficient (Wildman–Crippen LogP) is -0.594. The Hall–Kier alpha value is -1.63. The normalized spacial score (nSPS) is 13.8. The molecule has 5 N–H and O–H groups in total. The van der Waals surface area contributed by atoms with Crippen LogP contribution in [0, 0.1) is 5.92 Å². The molecular formula is C10H18N2O5. The second-order valence-corrected chi connectivity index (χ2v) is 3.83. The zero-order valence-electron chi connectivity index (χ0n) is 9.68. The Labute approximate surface area is 99.0 Å². The highest BCUT2D eigenvalue weighted by Gasteiger charge is 2.23. The van der Waals surface area contributed by atoms with Gasteiger partial charge in [-0.15, -0.1) is 0 Å². The monoisotopic (exact) mass is 246 g/mol. The Morgan fingerprint density at radius 2 is 1.88 bits per heavy atom. The molecule has 0 bridgehead atoms. The van der Waals surface area contributed by atoms with E-state index in [4.69, 9.17) is 15.9 Å². The molecule has 0 rings (SSSR count). The van der Waals surface area contributed by atoms with Crippen molar-refractivity contribution in [3.63, 3.8) is 0 Å². The van der Waals surface area contributed by atoms with Gasteiger partial charge in [0.25, 0.3) is 0 Å². The minimum absolute atomic E-state index is 0.233. The number of hydrogen-bond acceptors (Lipinski definition) is 4. The summed E-state index contributed by atoms with van der Waals surface area (Å²) >= 11 is 0. The molecule has 7 heteroatoms. The molecule has 2 atom stereocenters. The van der Waals surface area contributed by atoms with E-state index in [1.807, 2.05) is 0 Å². The van der Waals surface area contributed by atoms with Crippen LogP contribution >= 0.6 is 0 Å². The van der Waals surface area contributed by atoms with Gasteiger partial charge in [0, 0.05) is 5.92 Å². The largest absolute Gasteiger partial charge is 0.481 e. The number of nitrogens with two attached hydrogens (primary N) is 1. The van der Waals surface area contributed by atoms with E-state index in [9.17, 15) is 14.4 Å². The van der Waals surface area contributed by atoms with Crippen molar-refractivity contribution >= 4 is 17.8 Å². The maximum absolute atomic E-state index is 11.5. The lowest BCUT2D eigenvalue weighted by Gasteiger charge is -2.16. The molecule has 0 aliphatic heterocycles. The Balaban J connectivity index is 4.29. The van der Waals surface area contributed by atoms with Gasteiger partial charge in [0.15, 0.2) is 0 Å². The van der Waals surface area contributed by atoms with Gasteiger partial charge in [-0.3, -0.25) is 9.59 Å². The summed E-state index contributed by atoms with van der Waals surface area (Å²) in [4.78, 5) is 32.7.